The van der Waals surface area contributed by atoms with Crippen molar-refractivity contribution in [2.45, 2.75) is 19.1 Å². The van der Waals surface area contributed by atoms with Gasteiger partial charge in [0.15, 0.2) is 5.69 Å². The van der Waals surface area contributed by atoms with Crippen LogP contribution in [0.2, 0.25) is 5.02 Å². The zero-order valence-electron chi connectivity index (χ0n) is 16.5. The molecular formula is C21H16ClF4N3O3. The first-order chi connectivity index (χ1) is 15.1. The van der Waals surface area contributed by atoms with Gasteiger partial charge in [-0.05, 0) is 42.0 Å². The highest BCUT2D eigenvalue weighted by Crippen LogP contribution is 2.30. The molecule has 0 saturated heterocycles. The molecule has 0 atom stereocenters. The van der Waals surface area contributed by atoms with Gasteiger partial charge in [-0.15, -0.1) is 0 Å². The smallest absolute Gasteiger partial charge is 0.435 e. The van der Waals surface area contributed by atoms with Crippen LogP contribution in [0.1, 0.15) is 27.3 Å². The monoisotopic (exact) mass is 469 g/mol. The first kappa shape index (κ1) is 23.3. The van der Waals surface area contributed by atoms with Crippen molar-refractivity contribution in [2.24, 2.45) is 0 Å². The van der Waals surface area contributed by atoms with Crippen molar-refractivity contribution >= 4 is 23.5 Å². The second kappa shape index (κ2) is 9.39. The molecule has 1 heterocycles. The molecule has 0 radical (unpaired) electrons. The van der Waals surface area contributed by atoms with E-state index in [2.05, 4.69) is 15.2 Å². The number of alkyl halides is 3. The first-order valence-electron chi connectivity index (χ1n) is 9.14. The van der Waals surface area contributed by atoms with Gasteiger partial charge in [0.05, 0.1) is 37.0 Å². The van der Waals surface area contributed by atoms with Crippen LogP contribution in [-0.4, -0.2) is 28.8 Å². The predicted molar refractivity (Wildman–Crippen MR) is 107 cm³/mol. The standard InChI is InChI=1S/C21H16ClF4N3O3/c1-32-20(31)16-6-5-12(7-17(16)23)8-19(30)27-11-15-10-18(21(24,25)26)28-29(15)14-4-2-3-13(22)9-14/h2-7,9-10H,8,11H2,1H3,(H,27,30). The third-order valence-electron chi connectivity index (χ3n) is 4.40. The molecule has 1 aromatic heterocycles. The van der Waals surface area contributed by atoms with Crippen molar-refractivity contribution in [2.75, 3.05) is 7.11 Å². The lowest BCUT2D eigenvalue weighted by molar-refractivity contribution is -0.141. The van der Waals surface area contributed by atoms with E-state index in [0.29, 0.717) is 5.02 Å². The van der Waals surface area contributed by atoms with Gasteiger partial charge in [-0.2, -0.15) is 18.3 Å². The Morgan fingerprint density at radius 1 is 1.16 bits per heavy atom. The van der Waals surface area contributed by atoms with E-state index in [0.717, 1.165) is 23.9 Å². The Labute approximate surface area is 184 Å². The highest BCUT2D eigenvalue weighted by molar-refractivity contribution is 6.30. The van der Waals surface area contributed by atoms with Gasteiger partial charge in [0.2, 0.25) is 5.91 Å². The second-order valence-electron chi connectivity index (χ2n) is 6.67. The lowest BCUT2D eigenvalue weighted by atomic mass is 10.1. The largest absolute Gasteiger partial charge is 0.465 e. The SMILES string of the molecule is COC(=O)c1ccc(CC(=O)NCc2cc(C(F)(F)F)nn2-c2cccc(Cl)c2)cc1F. The fourth-order valence-electron chi connectivity index (χ4n) is 2.90. The number of ether oxygens (including phenoxy) is 1. The Morgan fingerprint density at radius 2 is 1.91 bits per heavy atom. The average Bonchev–Trinajstić information content (AvgIpc) is 3.17. The molecule has 3 aromatic rings. The molecule has 0 fully saturated rings. The molecule has 0 saturated carbocycles. The summed E-state index contributed by atoms with van der Waals surface area (Å²) in [6.07, 6.45) is -4.93. The molecule has 0 spiro atoms. The third kappa shape index (κ3) is 5.44. The minimum Gasteiger partial charge on any atom is -0.465 e. The average molecular weight is 470 g/mol. The number of aromatic nitrogens is 2. The highest BCUT2D eigenvalue weighted by atomic mass is 35.5. The Balaban J connectivity index is 1.76. The number of nitrogens with zero attached hydrogens (tertiary/aromatic N) is 2. The van der Waals surface area contributed by atoms with Gasteiger partial charge >= 0.3 is 12.1 Å². The molecule has 0 unspecified atom stereocenters. The molecule has 6 nitrogen and oxygen atoms in total. The molecule has 3 rings (SSSR count). The molecule has 168 valence electrons. The van der Waals surface area contributed by atoms with E-state index in [4.69, 9.17) is 11.6 Å². The number of hydrogen-bond acceptors (Lipinski definition) is 4. The lowest BCUT2D eigenvalue weighted by Crippen LogP contribution is -2.26. The zero-order valence-corrected chi connectivity index (χ0v) is 17.3. The molecule has 0 aliphatic carbocycles. The number of rotatable bonds is 6. The molecule has 32 heavy (non-hydrogen) atoms. The Bertz CT molecular complexity index is 1160. The molecule has 1 amide bonds. The maximum atomic E-state index is 14.0. The Hall–Kier alpha value is -3.40. The molecule has 0 aliphatic rings. The van der Waals surface area contributed by atoms with Crippen LogP contribution in [-0.2, 0) is 28.7 Å². The van der Waals surface area contributed by atoms with E-state index in [1.54, 1.807) is 12.1 Å². The molecule has 1 N–H and O–H groups in total. The zero-order chi connectivity index (χ0) is 23.5. The topological polar surface area (TPSA) is 73.2 Å². The first-order valence-corrected chi connectivity index (χ1v) is 9.52. The van der Waals surface area contributed by atoms with Gasteiger partial charge in [0.1, 0.15) is 5.82 Å². The molecule has 0 bridgehead atoms. The van der Waals surface area contributed by atoms with Gasteiger partial charge in [0.25, 0.3) is 0 Å². The summed E-state index contributed by atoms with van der Waals surface area (Å²) in [7, 11) is 1.11. The van der Waals surface area contributed by atoms with E-state index in [1.165, 1.54) is 24.3 Å². The van der Waals surface area contributed by atoms with Crippen LogP contribution in [0.15, 0.2) is 48.5 Å². The van der Waals surface area contributed by atoms with Crippen molar-refractivity contribution in [1.82, 2.24) is 15.1 Å². The summed E-state index contributed by atoms with van der Waals surface area (Å²) >= 11 is 5.92. The molecular weight excluding hydrogens is 454 g/mol. The van der Waals surface area contributed by atoms with Gasteiger partial charge in [-0.3, -0.25) is 4.79 Å². The second-order valence-corrected chi connectivity index (χ2v) is 7.11. The highest BCUT2D eigenvalue weighted by Gasteiger charge is 2.35. The van der Waals surface area contributed by atoms with Crippen molar-refractivity contribution < 1.29 is 31.9 Å². The van der Waals surface area contributed by atoms with Gasteiger partial charge in [0, 0.05) is 5.02 Å². The van der Waals surface area contributed by atoms with E-state index >= 15 is 0 Å². The van der Waals surface area contributed by atoms with Crippen LogP contribution in [0.3, 0.4) is 0 Å². The fraction of sp³-hybridized carbons (Fsp3) is 0.190. The van der Waals surface area contributed by atoms with Crippen molar-refractivity contribution in [3.05, 3.63) is 81.9 Å². The van der Waals surface area contributed by atoms with Crippen LogP contribution in [0, 0.1) is 5.82 Å². The van der Waals surface area contributed by atoms with Gasteiger partial charge in [-0.25, -0.2) is 13.9 Å². The molecule has 2 aromatic carbocycles. The summed E-state index contributed by atoms with van der Waals surface area (Å²) in [4.78, 5) is 23.7. The van der Waals surface area contributed by atoms with Crippen LogP contribution >= 0.6 is 11.6 Å². The number of esters is 1. The quantitative estimate of drug-likeness (QED) is 0.431. The Kier molecular flexibility index (Phi) is 6.83. The van der Waals surface area contributed by atoms with Crippen LogP contribution in [0.5, 0.6) is 0 Å². The number of hydrogen-bond donors (Lipinski definition) is 1. The van der Waals surface area contributed by atoms with Crippen LogP contribution in [0.4, 0.5) is 17.6 Å². The normalized spacial score (nSPS) is 11.3. The number of halogens is 5. The summed E-state index contributed by atoms with van der Waals surface area (Å²) in [6.45, 7) is -0.267. The van der Waals surface area contributed by atoms with Crippen molar-refractivity contribution in [3.8, 4) is 5.69 Å². The maximum Gasteiger partial charge on any atom is 0.435 e. The number of carbonyl (C=O) groups is 2. The number of benzene rings is 2. The van der Waals surface area contributed by atoms with E-state index in [1.807, 2.05) is 0 Å². The summed E-state index contributed by atoms with van der Waals surface area (Å²) in [6, 6.07) is 10.5. The maximum absolute atomic E-state index is 14.0. The van der Waals surface area contributed by atoms with Crippen LogP contribution in [0.25, 0.3) is 5.69 Å². The van der Waals surface area contributed by atoms with Crippen LogP contribution < -0.4 is 5.32 Å². The van der Waals surface area contributed by atoms with E-state index < -0.39 is 29.6 Å². The van der Waals surface area contributed by atoms with Crippen molar-refractivity contribution in [3.63, 3.8) is 0 Å². The fourth-order valence-corrected chi connectivity index (χ4v) is 3.08. The number of nitrogens with one attached hydrogen (secondary N) is 1. The predicted octanol–water partition coefficient (Wildman–Crippen LogP) is 4.33. The number of methoxy groups -OCH3 is 1. The summed E-state index contributed by atoms with van der Waals surface area (Å²) in [5.41, 5.74) is -0.770. The van der Waals surface area contributed by atoms with E-state index in [-0.39, 0.29) is 35.5 Å². The molecule has 11 heteroatoms. The molecule has 0 aliphatic heterocycles. The third-order valence-corrected chi connectivity index (χ3v) is 4.63. The number of carbonyl (C=O) groups excluding carboxylic acids is 2. The summed E-state index contributed by atoms with van der Waals surface area (Å²) in [5, 5.41) is 6.38. The number of amides is 1. The van der Waals surface area contributed by atoms with Crippen molar-refractivity contribution in [1.29, 1.82) is 0 Å². The minimum atomic E-state index is -4.68. The summed E-state index contributed by atoms with van der Waals surface area (Å²) in [5.74, 6) is -2.27. The van der Waals surface area contributed by atoms with Gasteiger partial charge in [-0.1, -0.05) is 23.7 Å². The summed E-state index contributed by atoms with van der Waals surface area (Å²) < 4.78 is 59.0. The Morgan fingerprint density at radius 3 is 2.53 bits per heavy atom. The van der Waals surface area contributed by atoms with Gasteiger partial charge < -0.3 is 10.1 Å². The van der Waals surface area contributed by atoms with E-state index in [9.17, 15) is 27.2 Å². The minimum absolute atomic E-state index is 0.0696. The lowest BCUT2D eigenvalue weighted by Gasteiger charge is -2.10.